The van der Waals surface area contributed by atoms with Crippen molar-refractivity contribution in [2.24, 2.45) is 0 Å². The van der Waals surface area contributed by atoms with Crippen molar-refractivity contribution in [2.45, 2.75) is 11.8 Å². The van der Waals surface area contributed by atoms with Gasteiger partial charge < -0.3 is 10.0 Å². The first-order chi connectivity index (χ1) is 14.8. The molecule has 1 atom stereocenters. The van der Waals surface area contributed by atoms with Crippen molar-refractivity contribution < 1.29 is 18.3 Å². The monoisotopic (exact) mass is 476 g/mol. The Morgan fingerprint density at radius 3 is 2.71 bits per heavy atom. The molecule has 0 aliphatic carbocycles. The van der Waals surface area contributed by atoms with Gasteiger partial charge in [-0.1, -0.05) is 29.8 Å². The summed E-state index contributed by atoms with van der Waals surface area (Å²) in [6.07, 6.45) is 1.41. The molecule has 0 radical (unpaired) electrons. The van der Waals surface area contributed by atoms with Crippen molar-refractivity contribution in [3.05, 3.63) is 76.6 Å². The summed E-state index contributed by atoms with van der Waals surface area (Å²) in [6, 6.07) is 13.9. The van der Waals surface area contributed by atoms with Gasteiger partial charge in [-0.25, -0.2) is 8.42 Å². The number of phenolic OH excluding ortho intramolecular Hbond substituents is 1. The number of hydrogen-bond donors (Lipinski definition) is 1. The summed E-state index contributed by atoms with van der Waals surface area (Å²) in [7, 11) is -3.82. The lowest BCUT2D eigenvalue weighted by Crippen LogP contribution is -2.52. The molecule has 162 valence electrons. The Morgan fingerprint density at radius 1 is 1.19 bits per heavy atom. The number of piperazine rings is 1. The minimum atomic E-state index is -3.82. The Kier molecular flexibility index (Phi) is 6.07. The number of fused-ring (bicyclic) bond motifs is 1. The molecule has 31 heavy (non-hydrogen) atoms. The Bertz CT molecular complexity index is 1260. The second-order valence-electron chi connectivity index (χ2n) is 7.35. The fourth-order valence-electron chi connectivity index (χ4n) is 3.67. The van der Waals surface area contributed by atoms with Gasteiger partial charge in [0, 0.05) is 34.2 Å². The molecule has 6 nitrogen and oxygen atoms in total. The van der Waals surface area contributed by atoms with Gasteiger partial charge >= 0.3 is 0 Å². The summed E-state index contributed by atoms with van der Waals surface area (Å²) in [5, 5.41) is 10.1. The quantitative estimate of drug-likeness (QED) is 0.542. The van der Waals surface area contributed by atoms with E-state index in [0.717, 1.165) is 15.6 Å². The van der Waals surface area contributed by atoms with Crippen molar-refractivity contribution in [3.8, 4) is 5.75 Å². The molecule has 0 bridgehead atoms. The number of carbonyl (C=O) groups is 1. The van der Waals surface area contributed by atoms with E-state index < -0.39 is 15.3 Å². The van der Waals surface area contributed by atoms with Crippen LogP contribution >= 0.6 is 22.9 Å². The van der Waals surface area contributed by atoms with Crippen LogP contribution < -0.4 is 0 Å². The number of benzene rings is 2. The lowest BCUT2D eigenvalue weighted by molar-refractivity contribution is -0.134. The number of amides is 1. The molecule has 1 fully saturated rings. The van der Waals surface area contributed by atoms with Crippen LogP contribution in [-0.2, 0) is 21.4 Å². The standard InChI is InChI=1S/C22H21ClN2O4S2/c1-2-21(20-12-16-11-17(23)6-7-19(16)30-20)31(28,29)25-9-8-24(22(27)14-25)13-15-4-3-5-18(26)10-15/h2-7,10-12,21,26H,1,8-9,13-14H2. The maximum absolute atomic E-state index is 13.3. The van der Waals surface area contributed by atoms with E-state index in [1.807, 2.05) is 18.2 Å². The van der Waals surface area contributed by atoms with Crippen molar-refractivity contribution in [3.63, 3.8) is 0 Å². The third kappa shape index (κ3) is 4.48. The van der Waals surface area contributed by atoms with Gasteiger partial charge in [-0.15, -0.1) is 17.9 Å². The summed E-state index contributed by atoms with van der Waals surface area (Å²) in [4.78, 5) is 14.9. The van der Waals surface area contributed by atoms with Gasteiger partial charge in [0.2, 0.25) is 15.9 Å². The molecule has 9 heteroatoms. The van der Waals surface area contributed by atoms with E-state index in [1.54, 1.807) is 35.2 Å². The molecule has 2 aromatic carbocycles. The molecule has 4 rings (SSSR count). The van der Waals surface area contributed by atoms with Crippen molar-refractivity contribution in [2.75, 3.05) is 19.6 Å². The average Bonchev–Trinajstić information content (AvgIpc) is 3.12. The van der Waals surface area contributed by atoms with Crippen LogP contribution in [-0.4, -0.2) is 48.3 Å². The third-order valence-corrected chi connectivity index (χ3v) is 8.94. The van der Waals surface area contributed by atoms with Gasteiger partial charge in [0.1, 0.15) is 11.0 Å². The molecule has 1 aliphatic heterocycles. The fourth-order valence-corrected chi connectivity index (χ4v) is 6.93. The van der Waals surface area contributed by atoms with Gasteiger partial charge in [-0.05, 0) is 47.3 Å². The summed E-state index contributed by atoms with van der Waals surface area (Å²) >= 11 is 7.43. The smallest absolute Gasteiger partial charge is 0.238 e. The number of halogens is 1. The molecule has 1 aromatic heterocycles. The number of nitrogens with zero attached hydrogens (tertiary/aromatic N) is 2. The molecule has 1 N–H and O–H groups in total. The summed E-state index contributed by atoms with van der Waals surface area (Å²) in [5.41, 5.74) is 0.789. The van der Waals surface area contributed by atoms with E-state index in [0.29, 0.717) is 16.4 Å². The van der Waals surface area contributed by atoms with Crippen LogP contribution in [0.1, 0.15) is 15.7 Å². The van der Waals surface area contributed by atoms with E-state index in [2.05, 4.69) is 6.58 Å². The van der Waals surface area contributed by atoms with E-state index in [4.69, 9.17) is 11.6 Å². The summed E-state index contributed by atoms with van der Waals surface area (Å²) < 4.78 is 28.9. The highest BCUT2D eigenvalue weighted by molar-refractivity contribution is 7.89. The zero-order chi connectivity index (χ0) is 22.2. The zero-order valence-electron chi connectivity index (χ0n) is 16.6. The Balaban J connectivity index is 1.52. The zero-order valence-corrected chi connectivity index (χ0v) is 19.0. The molecule has 3 aromatic rings. The van der Waals surface area contributed by atoms with Crippen LogP contribution in [0.25, 0.3) is 10.1 Å². The van der Waals surface area contributed by atoms with Crippen molar-refractivity contribution in [1.29, 1.82) is 0 Å². The first-order valence-electron chi connectivity index (χ1n) is 9.64. The second kappa shape index (κ2) is 8.63. The highest BCUT2D eigenvalue weighted by Gasteiger charge is 2.37. The molecule has 0 spiro atoms. The minimum Gasteiger partial charge on any atom is -0.508 e. The van der Waals surface area contributed by atoms with E-state index in [-0.39, 0.29) is 31.3 Å². The van der Waals surface area contributed by atoms with Gasteiger partial charge in [-0.2, -0.15) is 4.31 Å². The largest absolute Gasteiger partial charge is 0.508 e. The number of carbonyl (C=O) groups excluding carboxylic acids is 1. The summed E-state index contributed by atoms with van der Waals surface area (Å²) in [5.74, 6) is -0.145. The number of phenols is 1. The predicted molar refractivity (Wildman–Crippen MR) is 124 cm³/mol. The van der Waals surface area contributed by atoms with E-state index in [9.17, 15) is 18.3 Å². The van der Waals surface area contributed by atoms with E-state index >= 15 is 0 Å². The van der Waals surface area contributed by atoms with Crippen LogP contribution in [0.3, 0.4) is 0 Å². The van der Waals surface area contributed by atoms with Gasteiger partial charge in [0.15, 0.2) is 0 Å². The molecule has 2 heterocycles. The minimum absolute atomic E-state index is 0.129. The van der Waals surface area contributed by atoms with Gasteiger partial charge in [0.25, 0.3) is 0 Å². The van der Waals surface area contributed by atoms with Crippen molar-refractivity contribution >= 4 is 49.0 Å². The number of rotatable bonds is 6. The lowest BCUT2D eigenvalue weighted by atomic mass is 10.2. The highest BCUT2D eigenvalue weighted by atomic mass is 35.5. The van der Waals surface area contributed by atoms with Gasteiger partial charge in [0.05, 0.1) is 6.54 Å². The van der Waals surface area contributed by atoms with Crippen LogP contribution in [0.2, 0.25) is 5.02 Å². The number of aromatic hydroxyl groups is 1. The Morgan fingerprint density at radius 2 is 2.00 bits per heavy atom. The first kappa shape index (κ1) is 21.8. The first-order valence-corrected chi connectivity index (χ1v) is 12.3. The molecule has 1 amide bonds. The Hall–Kier alpha value is -2.39. The topological polar surface area (TPSA) is 77.9 Å². The summed E-state index contributed by atoms with van der Waals surface area (Å²) in [6.45, 7) is 4.32. The number of sulfonamides is 1. The molecule has 1 aliphatic rings. The lowest BCUT2D eigenvalue weighted by Gasteiger charge is -2.35. The maximum atomic E-state index is 13.3. The highest BCUT2D eigenvalue weighted by Crippen LogP contribution is 2.37. The normalized spacial score (nSPS) is 16.5. The van der Waals surface area contributed by atoms with Gasteiger partial charge in [-0.3, -0.25) is 4.79 Å². The van der Waals surface area contributed by atoms with Crippen LogP contribution in [0, 0.1) is 0 Å². The molecule has 0 saturated carbocycles. The molecular formula is C22H21ClN2O4S2. The SMILES string of the molecule is C=CC(c1cc2cc(Cl)ccc2s1)S(=O)(=O)N1CCN(Cc2cccc(O)c2)C(=O)C1. The maximum Gasteiger partial charge on any atom is 0.238 e. The predicted octanol–water partition coefficient (Wildman–Crippen LogP) is 4.16. The third-order valence-electron chi connectivity index (χ3n) is 5.24. The number of thiophene rings is 1. The van der Waals surface area contributed by atoms with Crippen molar-refractivity contribution in [1.82, 2.24) is 9.21 Å². The van der Waals surface area contributed by atoms with Crippen LogP contribution in [0.4, 0.5) is 0 Å². The molecule has 1 unspecified atom stereocenters. The number of hydrogen-bond acceptors (Lipinski definition) is 5. The van der Waals surface area contributed by atoms with Crippen LogP contribution in [0.5, 0.6) is 5.75 Å². The molecular weight excluding hydrogens is 456 g/mol. The Labute approximate surface area is 190 Å². The fraction of sp³-hybridized carbons (Fsp3) is 0.227. The second-order valence-corrected chi connectivity index (χ2v) is 11.0. The van der Waals surface area contributed by atoms with Crippen LogP contribution in [0.15, 0.2) is 61.2 Å². The molecule has 1 saturated heterocycles. The average molecular weight is 477 g/mol. The van der Waals surface area contributed by atoms with E-state index in [1.165, 1.54) is 21.7 Å².